The second-order valence-corrected chi connectivity index (χ2v) is 9.01. The zero-order valence-electron chi connectivity index (χ0n) is 21.7. The van der Waals surface area contributed by atoms with Crippen molar-refractivity contribution < 1.29 is 0 Å². The molecular weight excluding hydrogens is 432 g/mol. The predicted molar refractivity (Wildman–Crippen MR) is 161 cm³/mol. The smallest absolute Gasteiger partial charge is 0.0111 e. The maximum absolute atomic E-state index is 2.28. The first-order valence-electron chi connectivity index (χ1n) is 13.1. The molecule has 0 spiro atoms. The van der Waals surface area contributed by atoms with E-state index in [4.69, 9.17) is 0 Å². The number of aryl methyl sites for hydroxylation is 3. The van der Waals surface area contributed by atoms with E-state index in [-0.39, 0.29) is 0 Å². The Bertz CT molecular complexity index is 1310. The van der Waals surface area contributed by atoms with Crippen LogP contribution in [-0.4, -0.2) is 0 Å². The summed E-state index contributed by atoms with van der Waals surface area (Å²) in [7, 11) is 0. The molecule has 36 heavy (non-hydrogen) atoms. The Labute approximate surface area is 217 Å². The minimum atomic E-state index is 1.02. The SMILES string of the molecule is CCc1ccccc1C=Cc1cccc(C=Cc2ccccc2CC)c1C=Cc1ccccc1CC. The second kappa shape index (κ2) is 12.7. The molecule has 0 nitrogen and oxygen atoms in total. The van der Waals surface area contributed by atoms with Gasteiger partial charge in [0.25, 0.3) is 0 Å². The van der Waals surface area contributed by atoms with Crippen LogP contribution in [0.5, 0.6) is 0 Å². The highest BCUT2D eigenvalue weighted by atomic mass is 14.1. The van der Waals surface area contributed by atoms with Crippen molar-refractivity contribution in [3.05, 3.63) is 141 Å². The van der Waals surface area contributed by atoms with Crippen LogP contribution in [0.4, 0.5) is 0 Å². The largest absolute Gasteiger partial charge is 0.0620 e. The predicted octanol–water partition coefficient (Wildman–Crippen LogP) is 9.88. The maximum Gasteiger partial charge on any atom is -0.0111 e. The van der Waals surface area contributed by atoms with Crippen molar-refractivity contribution in [1.82, 2.24) is 0 Å². The lowest BCUT2D eigenvalue weighted by molar-refractivity contribution is 1.13. The fraction of sp³-hybridized carbons (Fsp3) is 0.167. The first-order chi connectivity index (χ1) is 17.7. The van der Waals surface area contributed by atoms with Gasteiger partial charge in [-0.05, 0) is 69.3 Å². The van der Waals surface area contributed by atoms with Crippen molar-refractivity contribution in [3.63, 3.8) is 0 Å². The zero-order valence-corrected chi connectivity index (χ0v) is 21.7. The van der Waals surface area contributed by atoms with Gasteiger partial charge in [0.05, 0.1) is 0 Å². The van der Waals surface area contributed by atoms with Crippen LogP contribution >= 0.6 is 0 Å². The molecule has 0 fully saturated rings. The Morgan fingerprint density at radius 1 is 0.361 bits per heavy atom. The van der Waals surface area contributed by atoms with Crippen LogP contribution in [0, 0.1) is 0 Å². The fourth-order valence-corrected chi connectivity index (χ4v) is 4.67. The van der Waals surface area contributed by atoms with E-state index in [0.717, 1.165) is 19.3 Å². The van der Waals surface area contributed by atoms with Crippen molar-refractivity contribution in [1.29, 1.82) is 0 Å². The van der Waals surface area contributed by atoms with Crippen molar-refractivity contribution in [3.8, 4) is 0 Å². The molecule has 0 amide bonds. The van der Waals surface area contributed by atoms with Crippen LogP contribution in [0.15, 0.2) is 91.0 Å². The van der Waals surface area contributed by atoms with Gasteiger partial charge in [0.2, 0.25) is 0 Å². The van der Waals surface area contributed by atoms with Gasteiger partial charge in [-0.2, -0.15) is 0 Å². The number of hydrogen-bond acceptors (Lipinski definition) is 0. The van der Waals surface area contributed by atoms with Crippen molar-refractivity contribution >= 4 is 36.5 Å². The molecule has 0 aliphatic rings. The van der Waals surface area contributed by atoms with Crippen LogP contribution in [-0.2, 0) is 19.3 Å². The molecule has 180 valence electrons. The number of benzene rings is 4. The molecule has 0 aliphatic carbocycles. The summed E-state index contributed by atoms with van der Waals surface area (Å²) < 4.78 is 0. The average molecular weight is 469 g/mol. The summed E-state index contributed by atoms with van der Waals surface area (Å²) in [4.78, 5) is 0. The van der Waals surface area contributed by atoms with E-state index in [1.807, 2.05) is 0 Å². The quantitative estimate of drug-likeness (QED) is 0.214. The molecule has 0 aliphatic heterocycles. The van der Waals surface area contributed by atoms with Gasteiger partial charge in [-0.1, -0.05) is 148 Å². The van der Waals surface area contributed by atoms with Gasteiger partial charge < -0.3 is 0 Å². The third-order valence-electron chi connectivity index (χ3n) is 6.80. The Morgan fingerprint density at radius 3 is 1.06 bits per heavy atom. The summed E-state index contributed by atoms with van der Waals surface area (Å²) in [5, 5.41) is 0. The molecule has 0 radical (unpaired) electrons. The number of rotatable bonds is 9. The lowest BCUT2D eigenvalue weighted by Crippen LogP contribution is -1.89. The molecule has 0 bridgehead atoms. The van der Waals surface area contributed by atoms with Crippen molar-refractivity contribution in [2.24, 2.45) is 0 Å². The van der Waals surface area contributed by atoms with E-state index in [1.54, 1.807) is 0 Å². The molecule has 0 heteroatoms. The molecule has 0 saturated heterocycles. The molecule has 0 N–H and O–H groups in total. The highest BCUT2D eigenvalue weighted by molar-refractivity contribution is 5.86. The average Bonchev–Trinajstić information content (AvgIpc) is 2.94. The van der Waals surface area contributed by atoms with Gasteiger partial charge in [-0.15, -0.1) is 0 Å². The summed E-state index contributed by atoms with van der Waals surface area (Å²) in [5.74, 6) is 0. The van der Waals surface area contributed by atoms with Gasteiger partial charge in [-0.25, -0.2) is 0 Å². The van der Waals surface area contributed by atoms with E-state index < -0.39 is 0 Å². The Balaban J connectivity index is 1.78. The first kappa shape index (κ1) is 25.2. The van der Waals surface area contributed by atoms with E-state index in [0.29, 0.717) is 0 Å². The van der Waals surface area contributed by atoms with Gasteiger partial charge in [0, 0.05) is 0 Å². The summed E-state index contributed by atoms with van der Waals surface area (Å²) in [6.07, 6.45) is 16.7. The molecule has 0 unspecified atom stereocenters. The van der Waals surface area contributed by atoms with Gasteiger partial charge in [-0.3, -0.25) is 0 Å². The molecule has 0 saturated carbocycles. The monoisotopic (exact) mass is 468 g/mol. The molecule has 4 rings (SSSR count). The standard InChI is InChI=1S/C36H36/c1-4-28-14-7-10-17-31(28)22-24-34-20-13-21-35(25-23-32-18-11-8-15-29(32)5-2)36(34)27-26-33-19-12-9-16-30(33)6-3/h7-27H,4-6H2,1-3H3. The summed E-state index contributed by atoms with van der Waals surface area (Å²) in [5.41, 5.74) is 11.6. The normalized spacial score (nSPS) is 11.8. The third-order valence-corrected chi connectivity index (χ3v) is 6.80. The highest BCUT2D eigenvalue weighted by Gasteiger charge is 2.05. The minimum Gasteiger partial charge on any atom is -0.0620 e. The molecule has 0 heterocycles. The first-order valence-corrected chi connectivity index (χ1v) is 13.1. The Hall–Kier alpha value is -3.90. The lowest BCUT2D eigenvalue weighted by Gasteiger charge is -2.09. The highest BCUT2D eigenvalue weighted by Crippen LogP contribution is 2.25. The topological polar surface area (TPSA) is 0 Å². The summed E-state index contributed by atoms with van der Waals surface area (Å²) >= 11 is 0. The van der Waals surface area contributed by atoms with Gasteiger partial charge in [0.1, 0.15) is 0 Å². The second-order valence-electron chi connectivity index (χ2n) is 9.01. The molecule has 4 aromatic carbocycles. The van der Waals surface area contributed by atoms with Crippen LogP contribution in [0.1, 0.15) is 70.8 Å². The van der Waals surface area contributed by atoms with E-state index in [1.165, 1.54) is 50.1 Å². The molecule has 4 aromatic rings. The Kier molecular flexibility index (Phi) is 8.89. The van der Waals surface area contributed by atoms with Crippen molar-refractivity contribution in [2.45, 2.75) is 40.0 Å². The lowest BCUT2D eigenvalue weighted by atomic mass is 9.95. The minimum absolute atomic E-state index is 1.02. The third kappa shape index (κ3) is 6.20. The fourth-order valence-electron chi connectivity index (χ4n) is 4.67. The number of hydrogen-bond donors (Lipinski definition) is 0. The maximum atomic E-state index is 2.28. The van der Waals surface area contributed by atoms with Gasteiger partial charge in [0.15, 0.2) is 0 Å². The molecule has 0 aromatic heterocycles. The zero-order chi connectivity index (χ0) is 25.2. The van der Waals surface area contributed by atoms with Crippen LogP contribution < -0.4 is 0 Å². The van der Waals surface area contributed by atoms with Gasteiger partial charge >= 0.3 is 0 Å². The summed E-state index contributed by atoms with van der Waals surface area (Å²) in [6.45, 7) is 6.64. The van der Waals surface area contributed by atoms with Crippen LogP contribution in [0.2, 0.25) is 0 Å². The van der Waals surface area contributed by atoms with Crippen LogP contribution in [0.3, 0.4) is 0 Å². The molecular formula is C36H36. The van der Waals surface area contributed by atoms with E-state index >= 15 is 0 Å². The van der Waals surface area contributed by atoms with Crippen molar-refractivity contribution in [2.75, 3.05) is 0 Å². The Morgan fingerprint density at radius 2 is 0.667 bits per heavy atom. The summed E-state index contributed by atoms with van der Waals surface area (Å²) in [6, 6.07) is 32.6. The molecule has 0 atom stereocenters. The van der Waals surface area contributed by atoms with E-state index in [2.05, 4.69) is 148 Å². The van der Waals surface area contributed by atoms with E-state index in [9.17, 15) is 0 Å². The van der Waals surface area contributed by atoms with Crippen LogP contribution in [0.25, 0.3) is 36.5 Å².